The molecule has 3 N–H and O–H groups in total. The van der Waals surface area contributed by atoms with E-state index in [4.69, 9.17) is 5.11 Å². The number of aliphatic carboxylic acids is 1. The van der Waals surface area contributed by atoms with Crippen molar-refractivity contribution in [2.24, 2.45) is 11.3 Å². The van der Waals surface area contributed by atoms with Crippen molar-refractivity contribution in [3.05, 3.63) is 0 Å². The third kappa shape index (κ3) is 2.34. The van der Waals surface area contributed by atoms with Crippen LogP contribution < -0.4 is 5.90 Å². The molecule has 0 saturated carbocycles. The van der Waals surface area contributed by atoms with Crippen molar-refractivity contribution >= 4 is 23.9 Å². The van der Waals surface area contributed by atoms with E-state index in [1.807, 2.05) is 0 Å². The van der Waals surface area contributed by atoms with Crippen molar-refractivity contribution in [2.45, 2.75) is 19.3 Å². The van der Waals surface area contributed by atoms with E-state index < -0.39 is 48.6 Å². The van der Waals surface area contributed by atoms with Gasteiger partial charge >= 0.3 is 23.9 Å². The number of carbonyl (C=O) groups is 4. The predicted molar refractivity (Wildman–Crippen MR) is 45.3 cm³/mol. The van der Waals surface area contributed by atoms with Crippen molar-refractivity contribution < 1.29 is 33.9 Å². The number of ether oxygens (including phenoxy) is 1. The van der Waals surface area contributed by atoms with Crippen LogP contribution in [-0.4, -0.2) is 29.0 Å². The Morgan fingerprint density at radius 3 is 2.44 bits per heavy atom. The lowest BCUT2D eigenvalue weighted by molar-refractivity contribution is -0.161. The molecule has 0 aliphatic carbocycles. The van der Waals surface area contributed by atoms with Crippen LogP contribution in [0.2, 0.25) is 0 Å². The van der Waals surface area contributed by atoms with Gasteiger partial charge in [0.1, 0.15) is 0 Å². The number of rotatable bonds is 4. The highest BCUT2D eigenvalue weighted by Gasteiger charge is 2.52. The lowest BCUT2D eigenvalue weighted by Gasteiger charge is -2.19. The zero-order chi connectivity index (χ0) is 12.3. The van der Waals surface area contributed by atoms with E-state index in [0.717, 1.165) is 0 Å². The highest BCUT2D eigenvalue weighted by atomic mass is 16.7. The maximum absolute atomic E-state index is 11.3. The Hall–Kier alpha value is -1.96. The van der Waals surface area contributed by atoms with Crippen LogP contribution in [0.3, 0.4) is 0 Å². The summed E-state index contributed by atoms with van der Waals surface area (Å²) in [5, 5.41) is 8.63. The van der Waals surface area contributed by atoms with Gasteiger partial charge in [0.15, 0.2) is 0 Å². The zero-order valence-corrected chi connectivity index (χ0v) is 8.10. The summed E-state index contributed by atoms with van der Waals surface area (Å²) in [6.45, 7) is 0. The minimum absolute atomic E-state index is 0.465. The largest absolute Gasteiger partial charge is 0.481 e. The molecule has 0 amide bonds. The second-order valence-electron chi connectivity index (χ2n) is 3.46. The Morgan fingerprint density at radius 1 is 1.44 bits per heavy atom. The molecule has 8 nitrogen and oxygen atoms in total. The van der Waals surface area contributed by atoms with E-state index in [1.54, 1.807) is 0 Å². The first-order valence-corrected chi connectivity index (χ1v) is 4.26. The van der Waals surface area contributed by atoms with Gasteiger partial charge in [0.2, 0.25) is 0 Å². The molecule has 0 spiro atoms. The third-order valence-electron chi connectivity index (χ3n) is 2.23. The summed E-state index contributed by atoms with van der Waals surface area (Å²) in [7, 11) is 0. The van der Waals surface area contributed by atoms with Crippen LogP contribution in [0, 0.1) is 5.41 Å². The number of cyclic esters (lactones) is 2. The summed E-state index contributed by atoms with van der Waals surface area (Å²) in [4.78, 5) is 47.6. The Bertz CT molecular complexity index is 363. The molecule has 0 bridgehead atoms. The van der Waals surface area contributed by atoms with E-state index in [9.17, 15) is 19.2 Å². The van der Waals surface area contributed by atoms with E-state index in [2.05, 4.69) is 15.5 Å². The van der Waals surface area contributed by atoms with E-state index in [1.165, 1.54) is 0 Å². The van der Waals surface area contributed by atoms with Gasteiger partial charge in [-0.05, 0) is 0 Å². The second kappa shape index (κ2) is 4.27. The van der Waals surface area contributed by atoms with E-state index in [-0.39, 0.29) is 0 Å². The molecule has 0 aromatic heterocycles. The molecule has 1 fully saturated rings. The maximum Gasteiger partial charge on any atom is 0.325 e. The topological polar surface area (TPSA) is 133 Å². The molecule has 1 heterocycles. The number of hydrogen-bond donors (Lipinski definition) is 2. The van der Waals surface area contributed by atoms with Crippen LogP contribution in [0.25, 0.3) is 0 Å². The molecule has 0 radical (unpaired) electrons. The van der Waals surface area contributed by atoms with Gasteiger partial charge in [-0.3, -0.25) is 19.2 Å². The molecule has 1 unspecified atom stereocenters. The van der Waals surface area contributed by atoms with Gasteiger partial charge in [0.25, 0.3) is 0 Å². The van der Waals surface area contributed by atoms with Crippen LogP contribution in [0.1, 0.15) is 19.3 Å². The first kappa shape index (κ1) is 12.1. The third-order valence-corrected chi connectivity index (χ3v) is 2.23. The molecule has 0 aromatic carbocycles. The summed E-state index contributed by atoms with van der Waals surface area (Å²) in [6, 6.07) is 0. The summed E-state index contributed by atoms with van der Waals surface area (Å²) < 4.78 is 4.23. The number of hydrogen-bond acceptors (Lipinski definition) is 7. The van der Waals surface area contributed by atoms with Crippen LogP contribution in [0.5, 0.6) is 0 Å². The van der Waals surface area contributed by atoms with Crippen molar-refractivity contribution in [1.29, 1.82) is 0 Å². The van der Waals surface area contributed by atoms with Gasteiger partial charge in [-0.2, -0.15) is 5.90 Å². The normalized spacial score (nSPS) is 24.1. The Labute approximate surface area is 89.2 Å². The lowest BCUT2D eigenvalue weighted by atomic mass is 9.80. The minimum Gasteiger partial charge on any atom is -0.481 e. The maximum atomic E-state index is 11.3. The van der Waals surface area contributed by atoms with Gasteiger partial charge in [-0.15, -0.1) is 0 Å². The van der Waals surface area contributed by atoms with Gasteiger partial charge < -0.3 is 14.7 Å². The number of carboxylic acids is 1. The zero-order valence-electron chi connectivity index (χ0n) is 8.10. The standard InChI is InChI=1S/C8H9NO7/c9-16-6(13)3-8(1-4(10)11)2-5(12)15-7(8)14/h1-3,9H2,(H,10,11). The molecule has 0 aromatic rings. The molecule has 1 aliphatic rings. The molecular formula is C8H9NO7. The molecular weight excluding hydrogens is 222 g/mol. The quantitative estimate of drug-likeness (QED) is 0.347. The van der Waals surface area contributed by atoms with Crippen molar-refractivity contribution in [3.63, 3.8) is 0 Å². The minimum atomic E-state index is -1.70. The Balaban J connectivity index is 2.93. The molecule has 16 heavy (non-hydrogen) atoms. The number of esters is 2. The van der Waals surface area contributed by atoms with E-state index in [0.29, 0.717) is 0 Å². The second-order valence-corrected chi connectivity index (χ2v) is 3.46. The summed E-state index contributed by atoms with van der Waals surface area (Å²) in [5.74, 6) is 0.383. The molecule has 88 valence electrons. The first-order chi connectivity index (χ1) is 7.39. The van der Waals surface area contributed by atoms with Crippen LogP contribution in [0.15, 0.2) is 0 Å². The first-order valence-electron chi connectivity index (χ1n) is 4.26. The fraction of sp³-hybridized carbons (Fsp3) is 0.500. The smallest absolute Gasteiger partial charge is 0.325 e. The Morgan fingerprint density at radius 2 is 2.06 bits per heavy atom. The highest BCUT2D eigenvalue weighted by Crippen LogP contribution is 2.38. The van der Waals surface area contributed by atoms with Crippen molar-refractivity contribution in [1.82, 2.24) is 0 Å². The average Bonchev–Trinajstić information content (AvgIpc) is 2.40. The van der Waals surface area contributed by atoms with Gasteiger partial charge in [0, 0.05) is 0 Å². The number of nitrogens with two attached hydrogens (primary N) is 1. The fourth-order valence-corrected chi connectivity index (χ4v) is 1.54. The number of carboxylic acid groups (broad SMARTS) is 1. The lowest BCUT2D eigenvalue weighted by Crippen LogP contribution is -2.33. The van der Waals surface area contributed by atoms with Crippen molar-refractivity contribution in [3.8, 4) is 0 Å². The molecule has 1 aliphatic heterocycles. The monoisotopic (exact) mass is 231 g/mol. The molecule has 8 heteroatoms. The summed E-state index contributed by atoms with van der Waals surface area (Å²) in [6.07, 6.45) is -1.75. The average molecular weight is 231 g/mol. The highest BCUT2D eigenvalue weighted by molar-refractivity contribution is 6.01. The van der Waals surface area contributed by atoms with Crippen LogP contribution >= 0.6 is 0 Å². The summed E-state index contributed by atoms with van der Waals surface area (Å²) in [5.41, 5.74) is -1.70. The van der Waals surface area contributed by atoms with E-state index >= 15 is 0 Å². The Kier molecular flexibility index (Phi) is 3.23. The molecule has 1 rings (SSSR count). The fourth-order valence-electron chi connectivity index (χ4n) is 1.54. The predicted octanol–water partition coefficient (Wildman–Crippen LogP) is -1.27. The summed E-state index contributed by atoms with van der Waals surface area (Å²) >= 11 is 0. The van der Waals surface area contributed by atoms with Crippen molar-refractivity contribution in [2.75, 3.05) is 0 Å². The number of carbonyl (C=O) groups excluding carboxylic acids is 3. The van der Waals surface area contributed by atoms with Crippen LogP contribution in [-0.2, 0) is 28.8 Å². The molecule has 1 saturated heterocycles. The van der Waals surface area contributed by atoms with Gasteiger partial charge in [-0.25, -0.2) is 0 Å². The van der Waals surface area contributed by atoms with Gasteiger partial charge in [0.05, 0.1) is 24.7 Å². The van der Waals surface area contributed by atoms with Crippen LogP contribution in [0.4, 0.5) is 0 Å². The SMILES string of the molecule is NOC(=O)CC1(CC(=O)O)CC(=O)OC1=O. The van der Waals surface area contributed by atoms with Gasteiger partial charge in [-0.1, -0.05) is 0 Å². The molecule has 1 atom stereocenters.